The van der Waals surface area contributed by atoms with Crippen LogP contribution in [0.1, 0.15) is 72.1 Å². The maximum Gasteiger partial charge on any atom is 0.410 e. The average molecular weight is 678 g/mol. The maximum atomic E-state index is 14.6. The van der Waals surface area contributed by atoms with Crippen molar-refractivity contribution in [1.29, 1.82) is 0 Å². The van der Waals surface area contributed by atoms with E-state index in [2.05, 4.69) is 15.2 Å². The molecule has 5 rings (SSSR count). The summed E-state index contributed by atoms with van der Waals surface area (Å²) in [7, 11) is -2.30. The van der Waals surface area contributed by atoms with E-state index in [9.17, 15) is 18.0 Å². The molecule has 4 aromatic heterocycles. The number of carbonyl (C=O) groups excluding carboxylic acids is 1. The van der Waals surface area contributed by atoms with E-state index in [4.69, 9.17) is 9.84 Å². The molecule has 1 unspecified atom stereocenters. The molecule has 1 amide bonds. The van der Waals surface area contributed by atoms with E-state index in [1.807, 2.05) is 59.0 Å². The molecule has 14 heteroatoms. The number of carboxylic acids is 1. The van der Waals surface area contributed by atoms with Crippen LogP contribution in [0.2, 0.25) is 0 Å². The third kappa shape index (κ3) is 7.08. The van der Waals surface area contributed by atoms with Gasteiger partial charge in [0, 0.05) is 72.9 Å². The molecule has 48 heavy (non-hydrogen) atoms. The van der Waals surface area contributed by atoms with Crippen molar-refractivity contribution < 1.29 is 27.9 Å². The van der Waals surface area contributed by atoms with Crippen LogP contribution in [-0.2, 0) is 39.7 Å². The lowest BCUT2D eigenvalue weighted by molar-refractivity contribution is -0.137. The monoisotopic (exact) mass is 677 g/mol. The predicted octanol–water partition coefficient (Wildman–Crippen LogP) is 5.62. The number of nitrogens with zero attached hydrogens (tertiary/aromatic N) is 7. The number of carboxylic acid groups (broad SMARTS) is 1. The van der Waals surface area contributed by atoms with Gasteiger partial charge < -0.3 is 9.84 Å². The van der Waals surface area contributed by atoms with Crippen LogP contribution in [0.25, 0.3) is 27.7 Å². The van der Waals surface area contributed by atoms with Gasteiger partial charge >= 0.3 is 12.1 Å². The van der Waals surface area contributed by atoms with Gasteiger partial charge in [0.05, 0.1) is 18.4 Å². The molecule has 1 aliphatic carbocycles. The molecule has 0 aliphatic heterocycles. The third-order valence-corrected chi connectivity index (χ3v) is 10.4. The summed E-state index contributed by atoms with van der Waals surface area (Å²) in [5, 5.41) is 18.6. The van der Waals surface area contributed by atoms with Crippen LogP contribution in [0.3, 0.4) is 0 Å². The summed E-state index contributed by atoms with van der Waals surface area (Å²) in [6.45, 7) is 11.6. The van der Waals surface area contributed by atoms with Crippen molar-refractivity contribution in [2.75, 3.05) is 0 Å². The fraction of sp³-hybridized carbons (Fsp3) is 0.441. The molecule has 1 atom stereocenters. The van der Waals surface area contributed by atoms with E-state index in [0.717, 1.165) is 5.56 Å². The van der Waals surface area contributed by atoms with Crippen LogP contribution >= 0.6 is 0 Å². The quantitative estimate of drug-likeness (QED) is 0.213. The van der Waals surface area contributed by atoms with Crippen molar-refractivity contribution in [2.45, 2.75) is 90.3 Å². The number of hydrogen-bond acceptors (Lipinski definition) is 8. The Hall–Kier alpha value is -4.72. The highest BCUT2D eigenvalue weighted by Gasteiger charge is 2.41. The minimum Gasteiger partial charge on any atom is -0.481 e. The number of aromatic nitrogens is 6. The molecule has 0 spiro atoms. The average Bonchev–Trinajstić information content (AvgIpc) is 3.71. The number of fused-ring (bicyclic) bond motifs is 1. The van der Waals surface area contributed by atoms with Gasteiger partial charge in [0.1, 0.15) is 10.3 Å². The topological polar surface area (TPSA) is 154 Å². The maximum absolute atomic E-state index is 14.6. The summed E-state index contributed by atoms with van der Waals surface area (Å²) >= 11 is 0. The summed E-state index contributed by atoms with van der Waals surface area (Å²) in [6, 6.07) is 3.41. The highest BCUT2D eigenvalue weighted by Crippen LogP contribution is 2.39. The van der Waals surface area contributed by atoms with Crippen molar-refractivity contribution >= 4 is 38.7 Å². The van der Waals surface area contributed by atoms with Crippen molar-refractivity contribution in [2.24, 2.45) is 7.05 Å². The molecule has 256 valence electrons. The molecule has 0 fully saturated rings. The van der Waals surface area contributed by atoms with Crippen molar-refractivity contribution in [3.05, 3.63) is 72.6 Å². The summed E-state index contributed by atoms with van der Waals surface area (Å²) < 4.78 is 38.1. The van der Waals surface area contributed by atoms with E-state index >= 15 is 0 Å². The van der Waals surface area contributed by atoms with Crippen molar-refractivity contribution in [3.8, 4) is 11.1 Å². The van der Waals surface area contributed by atoms with Crippen LogP contribution in [0.4, 0.5) is 4.79 Å². The normalized spacial score (nSPS) is 16.8. The van der Waals surface area contributed by atoms with Gasteiger partial charge in [-0.25, -0.2) is 22.2 Å². The molecule has 0 bridgehead atoms. The number of allylic oxidation sites excluding steroid dienone is 3. The molecule has 0 saturated carbocycles. The molecule has 0 aromatic carbocycles. The van der Waals surface area contributed by atoms with E-state index < -0.39 is 32.4 Å². The zero-order valence-electron chi connectivity index (χ0n) is 28.4. The summed E-state index contributed by atoms with van der Waals surface area (Å²) in [5.41, 5.74) is 2.99. The lowest BCUT2D eigenvalue weighted by Gasteiger charge is -2.30. The first-order valence-electron chi connectivity index (χ1n) is 15.9. The largest absolute Gasteiger partial charge is 0.481 e. The number of hydrogen-bond donors (Lipinski definition) is 1. The Kier molecular flexibility index (Phi) is 9.42. The number of carbonyl (C=O) groups is 2. The molecule has 13 nitrogen and oxygen atoms in total. The van der Waals surface area contributed by atoms with Crippen LogP contribution in [-0.4, -0.2) is 75.4 Å². The SMILES string of the molecule is CC(C)N(Cc1nn(C)cc1C1=CC(C)(S(=O)(=O)n2cc(-c3cnn(CCCC(=O)O)c3)c3cccnc32)CC=C1)C(=O)OC(C)(C)C. The second-order valence-corrected chi connectivity index (χ2v) is 15.9. The highest BCUT2D eigenvalue weighted by molar-refractivity contribution is 7.91. The van der Waals surface area contributed by atoms with Gasteiger partial charge in [-0.2, -0.15) is 10.2 Å². The zero-order chi connectivity index (χ0) is 35.0. The van der Waals surface area contributed by atoms with Crippen LogP contribution in [0.15, 0.2) is 61.3 Å². The van der Waals surface area contributed by atoms with Crippen LogP contribution in [0, 0.1) is 0 Å². The Balaban J connectivity index is 1.51. The first kappa shape index (κ1) is 34.6. The van der Waals surface area contributed by atoms with E-state index in [1.54, 1.807) is 65.2 Å². The summed E-state index contributed by atoms with van der Waals surface area (Å²) in [6.07, 6.45) is 14.1. The third-order valence-electron chi connectivity index (χ3n) is 8.17. The summed E-state index contributed by atoms with van der Waals surface area (Å²) in [5.74, 6) is -0.872. The van der Waals surface area contributed by atoms with E-state index in [-0.39, 0.29) is 25.4 Å². The Bertz CT molecular complexity index is 2010. The van der Waals surface area contributed by atoms with Crippen molar-refractivity contribution in [1.82, 2.24) is 33.4 Å². The number of aryl methyl sites for hydroxylation is 2. The second-order valence-electron chi connectivity index (χ2n) is 13.6. The second kappa shape index (κ2) is 13.1. The van der Waals surface area contributed by atoms with Gasteiger partial charge in [0.2, 0.25) is 10.0 Å². The Morgan fingerprint density at radius 1 is 1.17 bits per heavy atom. The molecule has 4 heterocycles. The number of aliphatic carboxylic acids is 1. The predicted molar refractivity (Wildman–Crippen MR) is 182 cm³/mol. The van der Waals surface area contributed by atoms with Crippen LogP contribution < -0.4 is 0 Å². The fourth-order valence-corrected chi connectivity index (χ4v) is 7.37. The molecular formula is C34H43N7O6S. The highest BCUT2D eigenvalue weighted by atomic mass is 32.2. The number of amides is 1. The lowest BCUT2D eigenvalue weighted by atomic mass is 9.93. The standard InChI is InChI=1S/C34H43N7O6S/c1-23(2)40(32(44)47-33(3,4)5)22-29-28(20-38(7)37-29)24-11-8-14-34(6,17-24)48(45,46)41-21-27(26-12-9-15-35-31(26)41)25-18-36-39(19-25)16-10-13-30(42)43/h8-9,11-12,15,17-21,23H,10,13-14,16,22H2,1-7H3,(H,42,43). The van der Waals surface area contributed by atoms with Gasteiger partial charge in [-0.1, -0.05) is 18.2 Å². The van der Waals surface area contributed by atoms with Gasteiger partial charge in [-0.05, 0) is 72.1 Å². The van der Waals surface area contributed by atoms with E-state index in [0.29, 0.717) is 46.4 Å². The van der Waals surface area contributed by atoms with Gasteiger partial charge in [-0.15, -0.1) is 0 Å². The number of rotatable bonds is 11. The Morgan fingerprint density at radius 3 is 2.60 bits per heavy atom. The minimum absolute atomic E-state index is 0.0272. The Morgan fingerprint density at radius 2 is 1.92 bits per heavy atom. The number of ether oxygens (including phenoxy) is 1. The first-order valence-corrected chi connectivity index (χ1v) is 17.3. The first-order chi connectivity index (χ1) is 22.5. The lowest BCUT2D eigenvalue weighted by Crippen LogP contribution is -2.40. The molecule has 4 aromatic rings. The molecule has 1 N–H and O–H groups in total. The molecule has 0 radical (unpaired) electrons. The van der Waals surface area contributed by atoms with Gasteiger partial charge in [-0.3, -0.25) is 19.1 Å². The van der Waals surface area contributed by atoms with Crippen LogP contribution in [0.5, 0.6) is 0 Å². The minimum atomic E-state index is -4.09. The van der Waals surface area contributed by atoms with Gasteiger partial charge in [0.15, 0.2) is 5.65 Å². The molecular weight excluding hydrogens is 634 g/mol. The summed E-state index contributed by atoms with van der Waals surface area (Å²) in [4.78, 5) is 30.1. The smallest absolute Gasteiger partial charge is 0.410 e. The zero-order valence-corrected chi connectivity index (χ0v) is 29.2. The van der Waals surface area contributed by atoms with Gasteiger partial charge in [0.25, 0.3) is 0 Å². The molecule has 1 aliphatic rings. The fourth-order valence-electron chi connectivity index (χ4n) is 5.72. The van der Waals surface area contributed by atoms with Crippen molar-refractivity contribution in [3.63, 3.8) is 0 Å². The Labute approximate surface area is 280 Å². The van der Waals surface area contributed by atoms with E-state index in [1.165, 1.54) is 3.97 Å². The number of pyridine rings is 1. The molecule has 0 saturated heterocycles.